The van der Waals surface area contributed by atoms with Crippen molar-refractivity contribution in [3.05, 3.63) is 65.5 Å². The third kappa shape index (κ3) is 4.18. The first kappa shape index (κ1) is 20.4. The molecule has 1 fully saturated rings. The summed E-state index contributed by atoms with van der Waals surface area (Å²) in [5.41, 5.74) is 3.04. The Labute approximate surface area is 177 Å². The lowest BCUT2D eigenvalue weighted by Gasteiger charge is -2.41. The maximum atomic E-state index is 13.8. The van der Waals surface area contributed by atoms with E-state index in [0.717, 1.165) is 12.0 Å². The van der Waals surface area contributed by atoms with Crippen LogP contribution in [0, 0.1) is 5.41 Å². The Balaban J connectivity index is 1.59. The van der Waals surface area contributed by atoms with E-state index in [9.17, 15) is 9.59 Å². The molecule has 0 atom stereocenters. The lowest BCUT2D eigenvalue weighted by Crippen LogP contribution is -2.51. The van der Waals surface area contributed by atoms with Gasteiger partial charge in [-0.3, -0.25) is 9.78 Å². The van der Waals surface area contributed by atoms with E-state index in [0.29, 0.717) is 39.0 Å². The van der Waals surface area contributed by atoms with Gasteiger partial charge in [0.1, 0.15) is 0 Å². The van der Waals surface area contributed by atoms with E-state index in [1.54, 1.807) is 17.3 Å². The largest absolute Gasteiger partial charge is 0.447 e. The standard InChI is InChI=1S/C24H29N3O3/c1-18(2)30-23(29)26-13-9-24(10-14-26)15-20-5-3-4-6-21(20)17-27(22(24)28)16-19-7-11-25-12-8-19/h3-8,11-12,18H,9-10,13-17H2,1-2H3. The Bertz CT molecular complexity index is 905. The highest BCUT2D eigenvalue weighted by Gasteiger charge is 2.46. The summed E-state index contributed by atoms with van der Waals surface area (Å²) in [6, 6.07) is 12.3. The fraction of sp³-hybridized carbons (Fsp3) is 0.458. The third-order valence-electron chi connectivity index (χ3n) is 6.19. The van der Waals surface area contributed by atoms with Gasteiger partial charge in [-0.15, -0.1) is 0 Å². The average molecular weight is 408 g/mol. The molecule has 0 saturated carbocycles. The summed E-state index contributed by atoms with van der Waals surface area (Å²) in [4.78, 5) is 34.0. The number of fused-ring (bicyclic) bond motifs is 1. The van der Waals surface area contributed by atoms with E-state index in [1.165, 1.54) is 11.1 Å². The fourth-order valence-electron chi connectivity index (χ4n) is 4.56. The normalized spacial score (nSPS) is 18.3. The topological polar surface area (TPSA) is 62.7 Å². The van der Waals surface area contributed by atoms with E-state index in [1.807, 2.05) is 43.0 Å². The molecule has 2 amide bonds. The van der Waals surface area contributed by atoms with Gasteiger partial charge < -0.3 is 14.5 Å². The van der Waals surface area contributed by atoms with Crippen LogP contribution in [0.15, 0.2) is 48.8 Å². The number of ether oxygens (including phenoxy) is 1. The Hall–Kier alpha value is -2.89. The monoisotopic (exact) mass is 407 g/mol. The third-order valence-corrected chi connectivity index (χ3v) is 6.19. The van der Waals surface area contributed by atoms with Gasteiger partial charge in [-0.1, -0.05) is 24.3 Å². The SMILES string of the molecule is CC(C)OC(=O)N1CCC2(CC1)Cc1ccccc1CN(Cc1ccncc1)C2=O. The minimum Gasteiger partial charge on any atom is -0.447 e. The maximum absolute atomic E-state index is 13.8. The zero-order valence-corrected chi connectivity index (χ0v) is 17.7. The molecule has 3 heterocycles. The van der Waals surface area contributed by atoms with E-state index < -0.39 is 5.41 Å². The first-order valence-corrected chi connectivity index (χ1v) is 10.7. The minimum absolute atomic E-state index is 0.143. The number of aromatic nitrogens is 1. The Morgan fingerprint density at radius 2 is 1.77 bits per heavy atom. The van der Waals surface area contributed by atoms with Crippen LogP contribution in [0.25, 0.3) is 0 Å². The van der Waals surface area contributed by atoms with E-state index in [4.69, 9.17) is 4.74 Å². The highest BCUT2D eigenvalue weighted by molar-refractivity contribution is 5.84. The Morgan fingerprint density at radius 3 is 2.43 bits per heavy atom. The molecular formula is C24H29N3O3. The molecule has 0 bridgehead atoms. The van der Waals surface area contributed by atoms with Gasteiger partial charge in [0.2, 0.25) is 5.91 Å². The van der Waals surface area contributed by atoms with Gasteiger partial charge in [0.15, 0.2) is 0 Å². The second-order valence-electron chi connectivity index (χ2n) is 8.66. The molecule has 0 N–H and O–H groups in total. The predicted molar refractivity (Wildman–Crippen MR) is 113 cm³/mol. The summed E-state index contributed by atoms with van der Waals surface area (Å²) in [5, 5.41) is 0. The van der Waals surface area contributed by atoms with Crippen LogP contribution in [0.2, 0.25) is 0 Å². The van der Waals surface area contributed by atoms with Crippen molar-refractivity contribution in [3.63, 3.8) is 0 Å². The molecule has 6 heteroatoms. The van der Waals surface area contributed by atoms with Crippen molar-refractivity contribution in [2.24, 2.45) is 5.41 Å². The number of amides is 2. The second kappa shape index (κ2) is 8.46. The van der Waals surface area contributed by atoms with E-state index in [-0.39, 0.29) is 18.1 Å². The summed E-state index contributed by atoms with van der Waals surface area (Å²) in [7, 11) is 0. The van der Waals surface area contributed by atoms with Crippen LogP contribution < -0.4 is 0 Å². The maximum Gasteiger partial charge on any atom is 0.410 e. The van der Waals surface area contributed by atoms with E-state index in [2.05, 4.69) is 17.1 Å². The predicted octanol–water partition coefficient (Wildman–Crippen LogP) is 3.79. The van der Waals surface area contributed by atoms with Crippen LogP contribution in [-0.4, -0.2) is 46.0 Å². The average Bonchev–Trinajstić information content (AvgIpc) is 2.84. The molecule has 30 heavy (non-hydrogen) atoms. The van der Waals surface area contributed by atoms with Gasteiger partial charge >= 0.3 is 6.09 Å². The summed E-state index contributed by atoms with van der Waals surface area (Å²) in [6.45, 7) is 5.97. The molecule has 0 unspecified atom stereocenters. The first-order valence-electron chi connectivity index (χ1n) is 10.7. The number of benzene rings is 1. The van der Waals surface area contributed by atoms with Crippen molar-refractivity contribution in [2.45, 2.75) is 52.3 Å². The molecule has 1 aromatic heterocycles. The van der Waals surface area contributed by atoms with Gasteiger partial charge in [-0.05, 0) is 61.9 Å². The number of hydrogen-bond donors (Lipinski definition) is 0. The molecule has 2 aliphatic rings. The smallest absolute Gasteiger partial charge is 0.410 e. The van der Waals surface area contributed by atoms with Crippen molar-refractivity contribution in [2.75, 3.05) is 13.1 Å². The molecule has 1 spiro atoms. The van der Waals surface area contributed by atoms with Crippen LogP contribution in [0.4, 0.5) is 4.79 Å². The van der Waals surface area contributed by atoms with Crippen LogP contribution in [0.3, 0.4) is 0 Å². The minimum atomic E-state index is -0.478. The number of nitrogens with zero attached hydrogens (tertiary/aromatic N) is 3. The molecule has 158 valence electrons. The number of piperidine rings is 1. The zero-order valence-electron chi connectivity index (χ0n) is 17.7. The van der Waals surface area contributed by atoms with Gasteiger partial charge in [-0.2, -0.15) is 0 Å². The van der Waals surface area contributed by atoms with Gasteiger partial charge in [0.25, 0.3) is 0 Å². The Morgan fingerprint density at radius 1 is 1.10 bits per heavy atom. The highest BCUT2D eigenvalue weighted by atomic mass is 16.6. The van der Waals surface area contributed by atoms with Crippen molar-refractivity contribution >= 4 is 12.0 Å². The lowest BCUT2D eigenvalue weighted by atomic mass is 9.73. The van der Waals surface area contributed by atoms with Crippen LogP contribution in [0.5, 0.6) is 0 Å². The Kier molecular flexibility index (Phi) is 5.75. The van der Waals surface area contributed by atoms with Crippen molar-refractivity contribution in [1.29, 1.82) is 0 Å². The molecule has 4 rings (SSSR count). The number of hydrogen-bond acceptors (Lipinski definition) is 4. The molecule has 0 radical (unpaired) electrons. The number of pyridine rings is 1. The van der Waals surface area contributed by atoms with Crippen LogP contribution in [0.1, 0.15) is 43.4 Å². The first-order chi connectivity index (χ1) is 14.5. The number of carbonyl (C=O) groups excluding carboxylic acids is 2. The van der Waals surface area contributed by atoms with Gasteiger partial charge in [0, 0.05) is 38.6 Å². The van der Waals surface area contributed by atoms with Crippen molar-refractivity contribution in [3.8, 4) is 0 Å². The highest BCUT2D eigenvalue weighted by Crippen LogP contribution is 2.41. The molecule has 1 aromatic carbocycles. The number of rotatable bonds is 3. The van der Waals surface area contributed by atoms with E-state index >= 15 is 0 Å². The van der Waals surface area contributed by atoms with Crippen molar-refractivity contribution in [1.82, 2.24) is 14.8 Å². The van der Waals surface area contributed by atoms with Crippen LogP contribution >= 0.6 is 0 Å². The molecular weight excluding hydrogens is 378 g/mol. The molecule has 0 aliphatic carbocycles. The lowest BCUT2D eigenvalue weighted by molar-refractivity contribution is -0.145. The molecule has 2 aliphatic heterocycles. The van der Waals surface area contributed by atoms with Gasteiger partial charge in [-0.25, -0.2) is 4.79 Å². The summed E-state index contributed by atoms with van der Waals surface area (Å²) in [6.07, 6.45) is 5.13. The number of carbonyl (C=O) groups is 2. The summed E-state index contributed by atoms with van der Waals surface area (Å²) in [5.74, 6) is 0.187. The molecule has 6 nitrogen and oxygen atoms in total. The van der Waals surface area contributed by atoms with Crippen LogP contribution in [-0.2, 0) is 29.0 Å². The number of likely N-dealkylation sites (tertiary alicyclic amines) is 1. The quantitative estimate of drug-likeness (QED) is 0.777. The summed E-state index contributed by atoms with van der Waals surface area (Å²) < 4.78 is 5.36. The zero-order chi connectivity index (χ0) is 21.1. The molecule has 2 aromatic rings. The fourth-order valence-corrected chi connectivity index (χ4v) is 4.56. The molecule has 1 saturated heterocycles. The second-order valence-corrected chi connectivity index (χ2v) is 8.66. The van der Waals surface area contributed by atoms with Gasteiger partial charge in [0.05, 0.1) is 11.5 Å². The van der Waals surface area contributed by atoms with Crippen molar-refractivity contribution < 1.29 is 14.3 Å². The summed E-state index contributed by atoms with van der Waals surface area (Å²) >= 11 is 0.